The van der Waals surface area contributed by atoms with Gasteiger partial charge in [-0.25, -0.2) is 4.39 Å². The highest BCUT2D eigenvalue weighted by Gasteiger charge is 2.22. The van der Waals surface area contributed by atoms with E-state index in [-0.39, 0.29) is 5.82 Å². The highest BCUT2D eigenvalue weighted by atomic mass is 79.9. The number of hydrogen-bond donors (Lipinski definition) is 1. The molecule has 29 heavy (non-hydrogen) atoms. The van der Waals surface area contributed by atoms with Crippen LogP contribution in [0.5, 0.6) is 0 Å². The second kappa shape index (κ2) is 9.88. The number of nitrogens with one attached hydrogen (secondary N) is 1. The van der Waals surface area contributed by atoms with Crippen LogP contribution in [0.3, 0.4) is 0 Å². The van der Waals surface area contributed by atoms with Crippen molar-refractivity contribution in [2.24, 2.45) is 5.92 Å². The Kier molecular flexibility index (Phi) is 7.01. The van der Waals surface area contributed by atoms with Crippen molar-refractivity contribution in [2.45, 2.75) is 25.8 Å². The maximum atomic E-state index is 13.5. The fourth-order valence-corrected chi connectivity index (χ4v) is 4.68. The monoisotopic (exact) mass is 457 g/mol. The van der Waals surface area contributed by atoms with Gasteiger partial charge in [-0.15, -0.1) is 0 Å². The zero-order valence-corrected chi connectivity index (χ0v) is 18.4. The topological polar surface area (TPSA) is 18.5 Å². The van der Waals surface area contributed by atoms with E-state index in [1.165, 1.54) is 30.2 Å². The lowest BCUT2D eigenvalue weighted by molar-refractivity contribution is 0.187. The zero-order valence-electron chi connectivity index (χ0n) is 16.8. The largest absolute Gasteiger partial charge is 0.375 e. The number of halogens is 2. The summed E-state index contributed by atoms with van der Waals surface area (Å²) < 4.78 is 14.6. The van der Waals surface area contributed by atoms with Gasteiger partial charge in [0.1, 0.15) is 5.82 Å². The minimum absolute atomic E-state index is 0.141. The van der Waals surface area contributed by atoms with Crippen LogP contribution in [0.25, 0.3) is 0 Å². The molecule has 0 aromatic heterocycles. The van der Waals surface area contributed by atoms with Gasteiger partial charge in [-0.1, -0.05) is 52.3 Å². The number of benzene rings is 2. The fourth-order valence-electron chi connectivity index (χ4n) is 4.27. The van der Waals surface area contributed by atoms with Crippen LogP contribution in [0.2, 0.25) is 0 Å². The number of nitrogens with zero attached hydrogens (tertiary/aromatic N) is 2. The standard InChI is InChI=1S/C24H29BrFN3/c25-24-7-6-22(26)15-21(24)14-19-8-11-28(12-9-19)17-23-10-13-29(18-27-23)16-20-4-2-1-3-5-20/h1-7,10,15,19,27H,8-9,11-14,16-18H2. The van der Waals surface area contributed by atoms with Crippen molar-refractivity contribution in [3.63, 3.8) is 0 Å². The molecule has 1 fully saturated rings. The highest BCUT2D eigenvalue weighted by Crippen LogP contribution is 2.26. The molecule has 1 N–H and O–H groups in total. The minimum atomic E-state index is -0.141. The lowest BCUT2D eigenvalue weighted by atomic mass is 9.90. The molecule has 0 saturated carbocycles. The summed E-state index contributed by atoms with van der Waals surface area (Å²) in [6.45, 7) is 6.13. The third-order valence-electron chi connectivity index (χ3n) is 5.99. The van der Waals surface area contributed by atoms with Crippen LogP contribution in [0, 0.1) is 11.7 Å². The Hall–Kier alpha value is -1.69. The first-order valence-electron chi connectivity index (χ1n) is 10.5. The van der Waals surface area contributed by atoms with Gasteiger partial charge in [0.25, 0.3) is 0 Å². The van der Waals surface area contributed by atoms with Gasteiger partial charge in [-0.3, -0.25) is 9.80 Å². The Morgan fingerprint density at radius 1 is 1.00 bits per heavy atom. The van der Waals surface area contributed by atoms with E-state index in [0.717, 1.165) is 55.8 Å². The van der Waals surface area contributed by atoms with E-state index < -0.39 is 0 Å². The van der Waals surface area contributed by atoms with Gasteiger partial charge >= 0.3 is 0 Å². The highest BCUT2D eigenvalue weighted by molar-refractivity contribution is 9.10. The van der Waals surface area contributed by atoms with Gasteiger partial charge < -0.3 is 5.32 Å². The predicted octanol–water partition coefficient (Wildman–Crippen LogP) is 4.79. The molecule has 0 unspecified atom stereocenters. The SMILES string of the molecule is Fc1ccc(Br)c(CC2CCN(CC3=CCN(Cc4ccccc4)CN3)CC2)c1. The molecule has 5 heteroatoms. The normalized spacial score (nSPS) is 19.0. The van der Waals surface area contributed by atoms with Gasteiger partial charge in [-0.2, -0.15) is 0 Å². The molecular formula is C24H29BrFN3. The van der Waals surface area contributed by atoms with E-state index in [2.05, 4.69) is 67.5 Å². The number of hydrogen-bond acceptors (Lipinski definition) is 3. The van der Waals surface area contributed by atoms with Crippen molar-refractivity contribution in [1.29, 1.82) is 0 Å². The van der Waals surface area contributed by atoms with Crippen LogP contribution in [0.15, 0.2) is 64.8 Å². The quantitative estimate of drug-likeness (QED) is 0.672. The van der Waals surface area contributed by atoms with E-state index >= 15 is 0 Å². The van der Waals surface area contributed by atoms with E-state index in [9.17, 15) is 4.39 Å². The summed E-state index contributed by atoms with van der Waals surface area (Å²) in [5.74, 6) is 0.497. The van der Waals surface area contributed by atoms with Gasteiger partial charge in [0.15, 0.2) is 0 Å². The molecule has 154 valence electrons. The lowest BCUT2D eigenvalue weighted by Gasteiger charge is -2.35. The van der Waals surface area contributed by atoms with Crippen LogP contribution in [-0.4, -0.2) is 42.6 Å². The average molecular weight is 458 g/mol. The van der Waals surface area contributed by atoms with Gasteiger partial charge in [-0.05, 0) is 67.6 Å². The van der Waals surface area contributed by atoms with Crippen molar-refractivity contribution in [2.75, 3.05) is 32.8 Å². The molecule has 2 aromatic rings. The Balaban J connectivity index is 1.21. The second-order valence-corrected chi connectivity index (χ2v) is 9.08. The summed E-state index contributed by atoms with van der Waals surface area (Å²) in [7, 11) is 0. The van der Waals surface area contributed by atoms with Crippen LogP contribution in [-0.2, 0) is 13.0 Å². The third kappa shape index (κ3) is 5.91. The van der Waals surface area contributed by atoms with Gasteiger partial charge in [0, 0.05) is 29.8 Å². The molecule has 2 heterocycles. The van der Waals surface area contributed by atoms with Crippen molar-refractivity contribution in [3.8, 4) is 0 Å². The van der Waals surface area contributed by atoms with Gasteiger partial charge in [0.05, 0.1) is 6.67 Å². The first kappa shape index (κ1) is 20.6. The molecule has 0 amide bonds. The van der Waals surface area contributed by atoms with E-state index in [0.29, 0.717) is 5.92 Å². The Morgan fingerprint density at radius 3 is 2.52 bits per heavy atom. The van der Waals surface area contributed by atoms with Gasteiger partial charge in [0.2, 0.25) is 0 Å². The molecule has 0 atom stereocenters. The second-order valence-electron chi connectivity index (χ2n) is 8.22. The van der Waals surface area contributed by atoms with E-state index in [1.54, 1.807) is 6.07 Å². The number of likely N-dealkylation sites (tertiary alicyclic amines) is 1. The first-order valence-corrected chi connectivity index (χ1v) is 11.3. The Bertz CT molecular complexity index is 831. The smallest absolute Gasteiger partial charge is 0.123 e. The van der Waals surface area contributed by atoms with Crippen molar-refractivity contribution in [3.05, 3.63) is 81.7 Å². The predicted molar refractivity (Wildman–Crippen MR) is 120 cm³/mol. The summed E-state index contributed by atoms with van der Waals surface area (Å²) in [5.41, 5.74) is 3.80. The summed E-state index contributed by atoms with van der Waals surface area (Å²) >= 11 is 3.56. The maximum absolute atomic E-state index is 13.5. The van der Waals surface area contributed by atoms with Crippen LogP contribution in [0.4, 0.5) is 4.39 Å². The molecule has 3 nitrogen and oxygen atoms in total. The third-order valence-corrected chi connectivity index (χ3v) is 6.77. The van der Waals surface area contributed by atoms with Crippen LogP contribution < -0.4 is 5.32 Å². The zero-order chi connectivity index (χ0) is 20.1. The van der Waals surface area contributed by atoms with Crippen LogP contribution >= 0.6 is 15.9 Å². The summed E-state index contributed by atoms with van der Waals surface area (Å²) in [5, 5.41) is 3.60. The number of piperidine rings is 1. The molecule has 0 radical (unpaired) electrons. The van der Waals surface area contributed by atoms with E-state index in [4.69, 9.17) is 0 Å². The summed E-state index contributed by atoms with van der Waals surface area (Å²) in [4.78, 5) is 4.96. The molecular weight excluding hydrogens is 429 g/mol. The summed E-state index contributed by atoms with van der Waals surface area (Å²) in [6.07, 6.45) is 5.65. The van der Waals surface area contributed by atoms with Crippen molar-refractivity contribution >= 4 is 15.9 Å². The summed E-state index contributed by atoms with van der Waals surface area (Å²) in [6, 6.07) is 15.7. The van der Waals surface area contributed by atoms with Crippen molar-refractivity contribution < 1.29 is 4.39 Å². The molecule has 0 aliphatic carbocycles. The molecule has 1 saturated heterocycles. The number of rotatable bonds is 6. The molecule has 2 aliphatic rings. The lowest BCUT2D eigenvalue weighted by Crippen LogP contribution is -2.43. The molecule has 0 spiro atoms. The van der Waals surface area contributed by atoms with Crippen molar-refractivity contribution in [1.82, 2.24) is 15.1 Å². The molecule has 4 rings (SSSR count). The average Bonchev–Trinajstić information content (AvgIpc) is 2.74. The Labute approximate surface area is 181 Å². The van der Waals surface area contributed by atoms with E-state index in [1.807, 2.05) is 6.07 Å². The minimum Gasteiger partial charge on any atom is -0.375 e. The maximum Gasteiger partial charge on any atom is 0.123 e. The van der Waals surface area contributed by atoms with Crippen LogP contribution in [0.1, 0.15) is 24.0 Å². The first-order chi connectivity index (χ1) is 14.2. The molecule has 0 bridgehead atoms. The Morgan fingerprint density at radius 2 is 1.79 bits per heavy atom. The fraction of sp³-hybridized carbons (Fsp3) is 0.417. The molecule has 2 aromatic carbocycles. The molecule has 2 aliphatic heterocycles.